The highest BCUT2D eigenvalue weighted by Crippen LogP contribution is 2.35. The lowest BCUT2D eigenvalue weighted by atomic mass is 9.80. The second-order valence-electron chi connectivity index (χ2n) is 7.20. The molecule has 1 aromatic rings. The Kier molecular flexibility index (Phi) is 4.97. The van der Waals surface area contributed by atoms with Gasteiger partial charge in [-0.2, -0.15) is 0 Å². The molecule has 1 aliphatic carbocycles. The lowest BCUT2D eigenvalue weighted by molar-refractivity contribution is 0.131. The van der Waals surface area contributed by atoms with E-state index in [1.807, 2.05) is 0 Å². The first-order valence-electron chi connectivity index (χ1n) is 8.81. The summed E-state index contributed by atoms with van der Waals surface area (Å²) in [5.41, 5.74) is 9.71. The fourth-order valence-corrected chi connectivity index (χ4v) is 4.28. The SMILES string of the molecule is NCC1(CN2CCCc3ccccc3C2)CCCCCC1. The van der Waals surface area contributed by atoms with Crippen molar-refractivity contribution in [1.82, 2.24) is 4.90 Å². The Bertz CT molecular complexity index is 447. The molecule has 3 rings (SSSR count). The molecule has 1 saturated carbocycles. The van der Waals surface area contributed by atoms with Crippen LogP contribution < -0.4 is 5.73 Å². The average molecular weight is 286 g/mol. The highest BCUT2D eigenvalue weighted by Gasteiger charge is 2.32. The van der Waals surface area contributed by atoms with Crippen LogP contribution in [-0.2, 0) is 13.0 Å². The van der Waals surface area contributed by atoms with Gasteiger partial charge in [0.05, 0.1) is 0 Å². The number of benzene rings is 1. The fourth-order valence-electron chi connectivity index (χ4n) is 4.28. The van der Waals surface area contributed by atoms with Gasteiger partial charge in [-0.05, 0) is 55.3 Å². The normalized spacial score (nSPS) is 23.1. The summed E-state index contributed by atoms with van der Waals surface area (Å²) in [7, 11) is 0. The summed E-state index contributed by atoms with van der Waals surface area (Å²) >= 11 is 0. The molecule has 0 radical (unpaired) electrons. The third kappa shape index (κ3) is 3.67. The summed E-state index contributed by atoms with van der Waals surface area (Å²) in [5.74, 6) is 0. The molecule has 2 aliphatic rings. The van der Waals surface area contributed by atoms with E-state index < -0.39 is 0 Å². The Hall–Kier alpha value is -0.860. The topological polar surface area (TPSA) is 29.3 Å². The van der Waals surface area contributed by atoms with Crippen molar-refractivity contribution in [2.75, 3.05) is 19.6 Å². The summed E-state index contributed by atoms with van der Waals surface area (Å²) < 4.78 is 0. The quantitative estimate of drug-likeness (QED) is 0.858. The number of nitrogens with zero attached hydrogens (tertiary/aromatic N) is 1. The minimum atomic E-state index is 0.385. The van der Waals surface area contributed by atoms with Crippen molar-refractivity contribution in [3.8, 4) is 0 Å². The molecule has 0 bridgehead atoms. The molecular weight excluding hydrogens is 256 g/mol. The fraction of sp³-hybridized carbons (Fsp3) is 0.684. The smallest absolute Gasteiger partial charge is 0.0236 e. The van der Waals surface area contributed by atoms with Crippen LogP contribution >= 0.6 is 0 Å². The zero-order chi connectivity index (χ0) is 14.5. The Labute approximate surface area is 129 Å². The molecule has 21 heavy (non-hydrogen) atoms. The zero-order valence-corrected chi connectivity index (χ0v) is 13.3. The van der Waals surface area contributed by atoms with Crippen LogP contribution in [-0.4, -0.2) is 24.5 Å². The van der Waals surface area contributed by atoms with Crippen molar-refractivity contribution in [1.29, 1.82) is 0 Å². The van der Waals surface area contributed by atoms with Crippen molar-refractivity contribution in [2.45, 2.75) is 57.9 Å². The van der Waals surface area contributed by atoms with Crippen LogP contribution in [0, 0.1) is 5.41 Å². The summed E-state index contributed by atoms with van der Waals surface area (Å²) in [6, 6.07) is 8.99. The van der Waals surface area contributed by atoms with Crippen LogP contribution in [0.1, 0.15) is 56.1 Å². The highest BCUT2D eigenvalue weighted by atomic mass is 15.1. The monoisotopic (exact) mass is 286 g/mol. The predicted octanol–water partition coefficient (Wildman–Crippen LogP) is 3.73. The molecule has 0 unspecified atom stereocenters. The minimum absolute atomic E-state index is 0.385. The summed E-state index contributed by atoms with van der Waals surface area (Å²) in [6.07, 6.45) is 10.8. The predicted molar refractivity (Wildman–Crippen MR) is 89.2 cm³/mol. The Balaban J connectivity index is 1.71. The number of rotatable bonds is 3. The standard InChI is InChI=1S/C19H30N2/c20-15-19(11-5-1-2-6-12-19)16-21-13-7-10-17-8-3-4-9-18(17)14-21/h3-4,8-9H,1-2,5-7,10-16,20H2. The van der Waals surface area contributed by atoms with Gasteiger partial charge in [0.25, 0.3) is 0 Å². The van der Waals surface area contributed by atoms with E-state index in [-0.39, 0.29) is 0 Å². The molecule has 1 heterocycles. The van der Waals surface area contributed by atoms with Gasteiger partial charge in [-0.15, -0.1) is 0 Å². The second kappa shape index (κ2) is 6.93. The van der Waals surface area contributed by atoms with E-state index in [0.717, 1.165) is 13.1 Å². The molecule has 2 nitrogen and oxygen atoms in total. The number of fused-ring (bicyclic) bond motifs is 1. The first-order chi connectivity index (χ1) is 10.3. The third-order valence-electron chi connectivity index (χ3n) is 5.59. The van der Waals surface area contributed by atoms with E-state index in [9.17, 15) is 0 Å². The summed E-state index contributed by atoms with van der Waals surface area (Å²) in [6.45, 7) is 4.43. The maximum atomic E-state index is 6.23. The molecule has 0 amide bonds. The molecule has 0 atom stereocenters. The van der Waals surface area contributed by atoms with Gasteiger partial charge < -0.3 is 5.73 Å². The molecule has 2 N–H and O–H groups in total. The van der Waals surface area contributed by atoms with Gasteiger partial charge in [0.2, 0.25) is 0 Å². The maximum Gasteiger partial charge on any atom is 0.0236 e. The molecule has 1 fully saturated rings. The van der Waals surface area contributed by atoms with Crippen molar-refractivity contribution in [3.63, 3.8) is 0 Å². The summed E-state index contributed by atoms with van der Waals surface area (Å²) in [5, 5.41) is 0. The largest absolute Gasteiger partial charge is 0.330 e. The molecular formula is C19H30N2. The molecule has 1 aliphatic heterocycles. The first-order valence-corrected chi connectivity index (χ1v) is 8.81. The van der Waals surface area contributed by atoms with E-state index in [1.54, 1.807) is 5.56 Å². The number of hydrogen-bond donors (Lipinski definition) is 1. The van der Waals surface area contributed by atoms with Crippen LogP contribution in [0.3, 0.4) is 0 Å². The van der Waals surface area contributed by atoms with Gasteiger partial charge in [0, 0.05) is 13.1 Å². The first kappa shape index (κ1) is 15.1. The molecule has 0 aromatic heterocycles. The van der Waals surface area contributed by atoms with Crippen LogP contribution in [0.4, 0.5) is 0 Å². The van der Waals surface area contributed by atoms with Gasteiger partial charge in [0.1, 0.15) is 0 Å². The Morgan fingerprint density at radius 2 is 1.67 bits per heavy atom. The minimum Gasteiger partial charge on any atom is -0.330 e. The second-order valence-corrected chi connectivity index (χ2v) is 7.20. The van der Waals surface area contributed by atoms with E-state index in [1.165, 1.54) is 70.0 Å². The maximum absolute atomic E-state index is 6.23. The van der Waals surface area contributed by atoms with Crippen LogP contribution in [0.2, 0.25) is 0 Å². The molecule has 0 saturated heterocycles. The molecule has 1 aromatic carbocycles. The lowest BCUT2D eigenvalue weighted by Crippen LogP contribution is -2.42. The average Bonchev–Trinajstić information content (AvgIpc) is 2.86. The van der Waals surface area contributed by atoms with Crippen molar-refractivity contribution >= 4 is 0 Å². The number of nitrogens with two attached hydrogens (primary N) is 1. The highest BCUT2D eigenvalue weighted by molar-refractivity contribution is 5.28. The van der Waals surface area contributed by atoms with E-state index in [4.69, 9.17) is 5.73 Å². The van der Waals surface area contributed by atoms with Gasteiger partial charge in [-0.25, -0.2) is 0 Å². The molecule has 2 heteroatoms. The zero-order valence-electron chi connectivity index (χ0n) is 13.3. The van der Waals surface area contributed by atoms with Gasteiger partial charge >= 0.3 is 0 Å². The van der Waals surface area contributed by atoms with E-state index in [0.29, 0.717) is 5.41 Å². The van der Waals surface area contributed by atoms with Gasteiger partial charge in [-0.1, -0.05) is 49.9 Å². The van der Waals surface area contributed by atoms with E-state index >= 15 is 0 Å². The van der Waals surface area contributed by atoms with Gasteiger partial charge in [0.15, 0.2) is 0 Å². The summed E-state index contributed by atoms with van der Waals surface area (Å²) in [4.78, 5) is 2.68. The van der Waals surface area contributed by atoms with E-state index in [2.05, 4.69) is 29.2 Å². The Morgan fingerprint density at radius 3 is 2.38 bits per heavy atom. The van der Waals surface area contributed by atoms with Gasteiger partial charge in [-0.3, -0.25) is 4.90 Å². The van der Waals surface area contributed by atoms with Crippen LogP contribution in [0.15, 0.2) is 24.3 Å². The number of hydrogen-bond acceptors (Lipinski definition) is 2. The third-order valence-corrected chi connectivity index (χ3v) is 5.59. The lowest BCUT2D eigenvalue weighted by Gasteiger charge is -2.37. The van der Waals surface area contributed by atoms with Crippen molar-refractivity contribution in [3.05, 3.63) is 35.4 Å². The van der Waals surface area contributed by atoms with Crippen LogP contribution in [0.5, 0.6) is 0 Å². The molecule has 116 valence electrons. The number of aryl methyl sites for hydroxylation is 1. The molecule has 0 spiro atoms. The van der Waals surface area contributed by atoms with Crippen molar-refractivity contribution < 1.29 is 0 Å². The van der Waals surface area contributed by atoms with Crippen molar-refractivity contribution in [2.24, 2.45) is 11.1 Å². The Morgan fingerprint density at radius 1 is 0.952 bits per heavy atom. The van der Waals surface area contributed by atoms with Crippen LogP contribution in [0.25, 0.3) is 0 Å².